The Morgan fingerprint density at radius 2 is 2.00 bits per heavy atom. The monoisotopic (exact) mass is 432 g/mol. The van der Waals surface area contributed by atoms with Crippen LogP contribution in [-0.2, 0) is 24.1 Å². The predicted octanol–water partition coefficient (Wildman–Crippen LogP) is 4.94. The van der Waals surface area contributed by atoms with Crippen LogP contribution in [0.25, 0.3) is 10.2 Å². The van der Waals surface area contributed by atoms with Crippen LogP contribution in [0.1, 0.15) is 29.1 Å². The van der Waals surface area contributed by atoms with E-state index in [-0.39, 0.29) is 5.82 Å². The lowest BCUT2D eigenvalue weighted by Gasteiger charge is -2.26. The van der Waals surface area contributed by atoms with Gasteiger partial charge in [0.15, 0.2) is 0 Å². The van der Waals surface area contributed by atoms with Gasteiger partial charge in [-0.15, -0.1) is 11.3 Å². The molecule has 0 unspecified atom stereocenters. The molecule has 8 heteroatoms. The van der Waals surface area contributed by atoms with Crippen molar-refractivity contribution in [1.29, 1.82) is 0 Å². The van der Waals surface area contributed by atoms with E-state index in [1.54, 1.807) is 17.4 Å². The van der Waals surface area contributed by atoms with Crippen LogP contribution in [0.15, 0.2) is 18.2 Å². The first-order valence-electron chi connectivity index (χ1n) is 10.0. The van der Waals surface area contributed by atoms with E-state index in [1.807, 2.05) is 0 Å². The average molecular weight is 433 g/mol. The van der Waals surface area contributed by atoms with Gasteiger partial charge in [-0.1, -0.05) is 11.6 Å². The second-order valence-electron chi connectivity index (χ2n) is 7.52. The third kappa shape index (κ3) is 3.97. The molecule has 0 bridgehead atoms. The van der Waals surface area contributed by atoms with Crippen LogP contribution in [0.5, 0.6) is 0 Å². The van der Waals surface area contributed by atoms with Crippen LogP contribution in [0.4, 0.5) is 15.9 Å². The predicted molar refractivity (Wildman–Crippen MR) is 115 cm³/mol. The number of thiophene rings is 1. The highest BCUT2D eigenvalue weighted by atomic mass is 35.5. The molecule has 0 spiro atoms. The van der Waals surface area contributed by atoms with Crippen molar-refractivity contribution in [3.8, 4) is 0 Å². The van der Waals surface area contributed by atoms with Crippen molar-refractivity contribution in [2.75, 3.05) is 31.6 Å². The van der Waals surface area contributed by atoms with Crippen LogP contribution in [0.3, 0.4) is 0 Å². The summed E-state index contributed by atoms with van der Waals surface area (Å²) < 4.78 is 18.9. The fourth-order valence-electron chi connectivity index (χ4n) is 4.04. The van der Waals surface area contributed by atoms with Crippen LogP contribution in [-0.4, -0.2) is 41.2 Å². The number of aryl methyl sites for hydroxylation is 2. The number of benzene rings is 1. The molecule has 0 radical (unpaired) electrons. The number of halogens is 2. The number of aromatic nitrogens is 2. The van der Waals surface area contributed by atoms with Gasteiger partial charge in [0.1, 0.15) is 22.3 Å². The quantitative estimate of drug-likeness (QED) is 0.632. The van der Waals surface area contributed by atoms with Gasteiger partial charge in [-0.3, -0.25) is 4.90 Å². The van der Waals surface area contributed by atoms with Crippen LogP contribution >= 0.6 is 22.9 Å². The summed E-state index contributed by atoms with van der Waals surface area (Å²) in [4.78, 5) is 14.5. The maximum absolute atomic E-state index is 13.5. The molecule has 0 saturated carbocycles. The second-order valence-corrected chi connectivity index (χ2v) is 9.01. The molecule has 1 aliphatic heterocycles. The van der Waals surface area contributed by atoms with E-state index in [2.05, 4.69) is 10.2 Å². The normalized spacial score (nSPS) is 17.4. The van der Waals surface area contributed by atoms with Crippen LogP contribution in [0.2, 0.25) is 5.02 Å². The van der Waals surface area contributed by atoms with E-state index < -0.39 is 0 Å². The lowest BCUT2D eigenvalue weighted by atomic mass is 9.97. The zero-order valence-corrected chi connectivity index (χ0v) is 17.6. The van der Waals surface area contributed by atoms with Gasteiger partial charge >= 0.3 is 0 Å². The first-order chi connectivity index (χ1) is 14.2. The SMILES string of the molecule is Fc1ccc(Nc2nc(CN3CCOCC3)nc3sc4c(c23)CCCC4)c(Cl)c1. The van der Waals surface area contributed by atoms with Crippen molar-refractivity contribution >= 4 is 44.7 Å². The number of hydrogen-bond donors (Lipinski definition) is 1. The van der Waals surface area contributed by atoms with Crippen molar-refractivity contribution in [3.05, 3.63) is 45.3 Å². The first kappa shape index (κ1) is 19.2. The number of nitrogens with zero attached hydrogens (tertiary/aromatic N) is 3. The van der Waals surface area contributed by atoms with Gasteiger partial charge in [-0.2, -0.15) is 0 Å². The molecule has 1 aromatic carbocycles. The molecule has 5 nitrogen and oxygen atoms in total. The Balaban J connectivity index is 1.57. The van der Waals surface area contributed by atoms with Gasteiger partial charge < -0.3 is 10.1 Å². The number of fused-ring (bicyclic) bond motifs is 3. The zero-order chi connectivity index (χ0) is 19.8. The van der Waals surface area contributed by atoms with E-state index in [0.717, 1.165) is 61.0 Å². The molecule has 1 fully saturated rings. The van der Waals surface area contributed by atoms with E-state index in [1.165, 1.54) is 35.4 Å². The van der Waals surface area contributed by atoms with Gasteiger partial charge in [0.2, 0.25) is 0 Å². The standard InChI is InChI=1S/C21H22ClFN4OS/c22-15-11-13(23)5-6-16(15)24-20-19-14-3-1-2-4-17(14)29-21(19)26-18(25-20)12-27-7-9-28-10-8-27/h5-6,11H,1-4,7-10,12H2,(H,24,25,26). The van der Waals surface area contributed by atoms with E-state index >= 15 is 0 Å². The average Bonchev–Trinajstić information content (AvgIpc) is 3.09. The minimum atomic E-state index is -0.352. The first-order valence-corrected chi connectivity index (χ1v) is 11.2. The maximum atomic E-state index is 13.5. The van der Waals surface area contributed by atoms with Gasteiger partial charge in [-0.25, -0.2) is 14.4 Å². The minimum Gasteiger partial charge on any atom is -0.379 e. The number of hydrogen-bond acceptors (Lipinski definition) is 6. The zero-order valence-electron chi connectivity index (χ0n) is 16.0. The third-order valence-electron chi connectivity index (χ3n) is 5.51. The second kappa shape index (κ2) is 8.14. The third-order valence-corrected chi connectivity index (χ3v) is 7.01. The maximum Gasteiger partial charge on any atom is 0.146 e. The molecule has 0 atom stereocenters. The van der Waals surface area contributed by atoms with Crippen LogP contribution < -0.4 is 5.32 Å². The Morgan fingerprint density at radius 1 is 1.17 bits per heavy atom. The Bertz CT molecular complexity index is 1050. The van der Waals surface area contributed by atoms with E-state index in [0.29, 0.717) is 17.3 Å². The van der Waals surface area contributed by atoms with E-state index in [9.17, 15) is 4.39 Å². The molecule has 2 aromatic heterocycles. The molecule has 29 heavy (non-hydrogen) atoms. The summed E-state index contributed by atoms with van der Waals surface area (Å²) in [6, 6.07) is 4.39. The topological polar surface area (TPSA) is 50.3 Å². The largest absolute Gasteiger partial charge is 0.379 e. The highest BCUT2D eigenvalue weighted by molar-refractivity contribution is 7.19. The highest BCUT2D eigenvalue weighted by Gasteiger charge is 2.22. The molecule has 3 aromatic rings. The molecular weight excluding hydrogens is 411 g/mol. The molecule has 152 valence electrons. The Labute approximate surface area is 177 Å². The molecule has 1 aliphatic carbocycles. The van der Waals surface area contributed by atoms with Gasteiger partial charge in [-0.05, 0) is 49.4 Å². The van der Waals surface area contributed by atoms with E-state index in [4.69, 9.17) is 26.3 Å². The van der Waals surface area contributed by atoms with Crippen LogP contribution in [0, 0.1) is 5.82 Å². The number of ether oxygens (including phenoxy) is 1. The lowest BCUT2D eigenvalue weighted by molar-refractivity contribution is 0.0331. The van der Waals surface area contributed by atoms with Crippen molar-refractivity contribution in [2.45, 2.75) is 32.2 Å². The van der Waals surface area contributed by atoms with Gasteiger partial charge in [0.05, 0.1) is 35.9 Å². The van der Waals surface area contributed by atoms with Crippen molar-refractivity contribution in [3.63, 3.8) is 0 Å². The fourth-order valence-corrected chi connectivity index (χ4v) is 5.54. The number of rotatable bonds is 4. The van der Waals surface area contributed by atoms with Crippen molar-refractivity contribution in [1.82, 2.24) is 14.9 Å². The molecule has 5 rings (SSSR count). The molecule has 2 aliphatic rings. The fraction of sp³-hybridized carbons (Fsp3) is 0.429. The molecule has 1 N–H and O–H groups in total. The molecule has 3 heterocycles. The molecular formula is C21H22ClFN4OS. The van der Waals surface area contributed by atoms with Crippen molar-refractivity contribution in [2.24, 2.45) is 0 Å². The highest BCUT2D eigenvalue weighted by Crippen LogP contribution is 2.40. The smallest absolute Gasteiger partial charge is 0.146 e. The molecule has 0 amide bonds. The summed E-state index contributed by atoms with van der Waals surface area (Å²) >= 11 is 8.06. The lowest BCUT2D eigenvalue weighted by Crippen LogP contribution is -2.36. The van der Waals surface area contributed by atoms with Crippen molar-refractivity contribution < 1.29 is 9.13 Å². The summed E-state index contributed by atoms with van der Waals surface area (Å²) in [7, 11) is 0. The Kier molecular flexibility index (Phi) is 5.39. The van der Waals surface area contributed by atoms with Gasteiger partial charge in [0.25, 0.3) is 0 Å². The Morgan fingerprint density at radius 3 is 2.83 bits per heavy atom. The number of nitrogens with one attached hydrogen (secondary N) is 1. The van der Waals surface area contributed by atoms with Gasteiger partial charge in [0, 0.05) is 18.0 Å². The minimum absolute atomic E-state index is 0.343. The summed E-state index contributed by atoms with van der Waals surface area (Å²) in [5.41, 5.74) is 2.01. The summed E-state index contributed by atoms with van der Waals surface area (Å²) in [5, 5.41) is 4.81. The summed E-state index contributed by atoms with van der Waals surface area (Å²) in [5.74, 6) is 1.21. The summed E-state index contributed by atoms with van der Waals surface area (Å²) in [6.07, 6.45) is 4.56. The Hall–Kier alpha value is -1.80. The summed E-state index contributed by atoms with van der Waals surface area (Å²) in [6.45, 7) is 3.94. The number of morpholine rings is 1. The number of anilines is 2. The molecule has 1 saturated heterocycles.